The number of aryl methyl sites for hydroxylation is 2. The zero-order valence-electron chi connectivity index (χ0n) is 17.2. The molecule has 0 saturated heterocycles. The van der Waals surface area contributed by atoms with Crippen LogP contribution in [-0.2, 0) is 6.54 Å². The van der Waals surface area contributed by atoms with Crippen LogP contribution in [0.25, 0.3) is 0 Å². The van der Waals surface area contributed by atoms with Crippen LogP contribution in [0.2, 0.25) is 0 Å². The van der Waals surface area contributed by atoms with Gasteiger partial charge in [-0.1, -0.05) is 6.92 Å². The minimum Gasteiger partial charge on any atom is -0.348 e. The lowest BCUT2D eigenvalue weighted by Gasteiger charge is -2.30. The quantitative estimate of drug-likeness (QED) is 0.710. The number of aromatic nitrogens is 1. The van der Waals surface area contributed by atoms with E-state index in [1.807, 2.05) is 32.2 Å². The first-order valence-electron chi connectivity index (χ1n) is 10.1. The van der Waals surface area contributed by atoms with Gasteiger partial charge in [-0.25, -0.2) is 0 Å². The predicted molar refractivity (Wildman–Crippen MR) is 115 cm³/mol. The van der Waals surface area contributed by atoms with E-state index >= 15 is 0 Å². The Kier molecular flexibility index (Phi) is 6.40. The zero-order valence-corrected chi connectivity index (χ0v) is 18.0. The van der Waals surface area contributed by atoms with Crippen LogP contribution in [0.4, 0.5) is 0 Å². The number of thiophene rings is 1. The fraction of sp³-hybridized carbons (Fsp3) is 0.545. The fourth-order valence-corrected chi connectivity index (χ4v) is 5.55. The lowest BCUT2D eigenvalue weighted by molar-refractivity contribution is 0.0950. The Labute approximate surface area is 170 Å². The lowest BCUT2D eigenvalue weighted by Crippen LogP contribution is -2.29. The van der Waals surface area contributed by atoms with Crippen molar-refractivity contribution in [3.05, 3.63) is 54.6 Å². The van der Waals surface area contributed by atoms with Gasteiger partial charge in [-0.15, -0.1) is 11.3 Å². The van der Waals surface area contributed by atoms with E-state index in [0.717, 1.165) is 48.1 Å². The van der Waals surface area contributed by atoms with Gasteiger partial charge in [-0.05, 0) is 75.5 Å². The van der Waals surface area contributed by atoms with Crippen LogP contribution in [0.15, 0.2) is 16.2 Å². The number of amides is 1. The van der Waals surface area contributed by atoms with Crippen molar-refractivity contribution in [2.45, 2.75) is 71.9 Å². The lowest BCUT2D eigenvalue weighted by atomic mass is 9.78. The van der Waals surface area contributed by atoms with E-state index in [-0.39, 0.29) is 18.0 Å². The number of H-pyrrole nitrogens is 1. The first-order chi connectivity index (χ1) is 13.3. The minimum absolute atomic E-state index is 0.114. The van der Waals surface area contributed by atoms with Crippen molar-refractivity contribution in [2.24, 2.45) is 11.7 Å². The second-order valence-electron chi connectivity index (χ2n) is 8.23. The smallest absolute Gasteiger partial charge is 0.253 e. The predicted octanol–water partition coefficient (Wildman–Crippen LogP) is 3.91. The highest BCUT2D eigenvalue weighted by atomic mass is 32.1. The summed E-state index contributed by atoms with van der Waals surface area (Å²) in [6.45, 7) is 8.30. The third-order valence-electron chi connectivity index (χ3n) is 6.18. The van der Waals surface area contributed by atoms with Gasteiger partial charge in [0.05, 0.1) is 5.56 Å². The Morgan fingerprint density at radius 2 is 1.96 bits per heavy atom. The molecule has 2 heterocycles. The molecular formula is C22H31N3O2S. The van der Waals surface area contributed by atoms with E-state index in [0.29, 0.717) is 23.4 Å². The molecule has 1 fully saturated rings. The van der Waals surface area contributed by atoms with Crippen LogP contribution in [0.3, 0.4) is 0 Å². The number of carbonyl (C=O) groups excluding carboxylic acids is 1. The van der Waals surface area contributed by atoms with E-state index in [9.17, 15) is 9.59 Å². The van der Waals surface area contributed by atoms with E-state index in [2.05, 4.69) is 17.2 Å². The number of nitrogens with two attached hydrogens (primary N) is 1. The standard InChI is InChI=1S/C22H31N3O2S/c1-12-9-13(2)25-22(27)18(12)10-24-21(26)19-11-28-20(15(19)4)14(3)16-5-7-17(23)8-6-16/h9,11,14,16-17H,5-8,10,23H2,1-4H3,(H,24,26)(H,25,27). The molecule has 0 radical (unpaired) electrons. The van der Waals surface area contributed by atoms with Crippen molar-refractivity contribution >= 4 is 17.2 Å². The van der Waals surface area contributed by atoms with Gasteiger partial charge in [0, 0.05) is 34.1 Å². The molecule has 2 aromatic heterocycles. The van der Waals surface area contributed by atoms with Gasteiger partial charge in [-0.3, -0.25) is 9.59 Å². The molecule has 0 bridgehead atoms. The number of nitrogens with one attached hydrogen (secondary N) is 2. The van der Waals surface area contributed by atoms with Crippen molar-refractivity contribution in [1.82, 2.24) is 10.3 Å². The highest BCUT2D eigenvalue weighted by Crippen LogP contribution is 2.39. The molecule has 0 aliphatic heterocycles. The Morgan fingerprint density at radius 3 is 2.61 bits per heavy atom. The van der Waals surface area contributed by atoms with Crippen molar-refractivity contribution in [3.63, 3.8) is 0 Å². The van der Waals surface area contributed by atoms with Gasteiger partial charge in [0.15, 0.2) is 0 Å². The number of carbonyl (C=O) groups is 1. The van der Waals surface area contributed by atoms with Gasteiger partial charge in [-0.2, -0.15) is 0 Å². The van der Waals surface area contributed by atoms with E-state index in [4.69, 9.17) is 5.73 Å². The van der Waals surface area contributed by atoms with Crippen LogP contribution < -0.4 is 16.6 Å². The molecule has 1 saturated carbocycles. The van der Waals surface area contributed by atoms with Crippen molar-refractivity contribution in [1.29, 1.82) is 0 Å². The summed E-state index contributed by atoms with van der Waals surface area (Å²) in [6.07, 6.45) is 4.52. The van der Waals surface area contributed by atoms with Crippen molar-refractivity contribution < 1.29 is 4.79 Å². The molecular weight excluding hydrogens is 370 g/mol. The highest BCUT2D eigenvalue weighted by Gasteiger charge is 2.27. The maximum Gasteiger partial charge on any atom is 0.253 e. The number of rotatable bonds is 5. The summed E-state index contributed by atoms with van der Waals surface area (Å²) in [5.74, 6) is 0.973. The summed E-state index contributed by atoms with van der Waals surface area (Å²) < 4.78 is 0. The largest absolute Gasteiger partial charge is 0.348 e. The molecule has 1 aliphatic rings. The topological polar surface area (TPSA) is 88.0 Å². The fourth-order valence-electron chi connectivity index (χ4n) is 4.33. The summed E-state index contributed by atoms with van der Waals surface area (Å²) in [4.78, 5) is 29.0. The molecule has 4 N–H and O–H groups in total. The van der Waals surface area contributed by atoms with Gasteiger partial charge in [0.2, 0.25) is 0 Å². The Morgan fingerprint density at radius 1 is 1.29 bits per heavy atom. The summed E-state index contributed by atoms with van der Waals surface area (Å²) in [5, 5.41) is 4.88. The molecule has 3 rings (SSSR count). The maximum atomic E-state index is 12.8. The zero-order chi connectivity index (χ0) is 20.4. The summed E-state index contributed by atoms with van der Waals surface area (Å²) >= 11 is 1.68. The van der Waals surface area contributed by atoms with E-state index in [1.54, 1.807) is 11.3 Å². The van der Waals surface area contributed by atoms with Crippen LogP contribution in [-0.4, -0.2) is 16.9 Å². The van der Waals surface area contributed by atoms with Crippen LogP contribution in [0.1, 0.15) is 76.1 Å². The van der Waals surface area contributed by atoms with Crippen LogP contribution in [0, 0.1) is 26.7 Å². The molecule has 152 valence electrons. The third kappa shape index (κ3) is 4.39. The third-order valence-corrected chi connectivity index (χ3v) is 7.46. The van der Waals surface area contributed by atoms with Crippen molar-refractivity contribution in [2.75, 3.05) is 0 Å². The molecule has 5 nitrogen and oxygen atoms in total. The average molecular weight is 402 g/mol. The maximum absolute atomic E-state index is 12.8. The SMILES string of the molecule is Cc1cc(C)c(CNC(=O)c2csc(C(C)C3CCC(N)CC3)c2C)c(=O)[nH]1. The van der Waals surface area contributed by atoms with E-state index < -0.39 is 0 Å². The highest BCUT2D eigenvalue weighted by molar-refractivity contribution is 7.10. The van der Waals surface area contributed by atoms with E-state index in [1.165, 1.54) is 4.88 Å². The Balaban J connectivity index is 1.69. The first kappa shape index (κ1) is 20.8. The molecule has 1 aliphatic carbocycles. The second-order valence-corrected chi connectivity index (χ2v) is 9.14. The number of hydrogen-bond donors (Lipinski definition) is 3. The summed E-state index contributed by atoms with van der Waals surface area (Å²) in [5.41, 5.74) is 10.0. The molecule has 1 atom stereocenters. The molecule has 0 spiro atoms. The Hall–Kier alpha value is -1.92. The van der Waals surface area contributed by atoms with Crippen LogP contribution in [0.5, 0.6) is 0 Å². The first-order valence-corrected chi connectivity index (χ1v) is 11.0. The van der Waals surface area contributed by atoms with Gasteiger partial charge < -0.3 is 16.0 Å². The molecule has 1 amide bonds. The number of pyridine rings is 1. The average Bonchev–Trinajstić information content (AvgIpc) is 3.02. The minimum atomic E-state index is -0.135. The monoisotopic (exact) mass is 401 g/mol. The van der Waals surface area contributed by atoms with Gasteiger partial charge in [0.1, 0.15) is 0 Å². The van der Waals surface area contributed by atoms with Gasteiger partial charge >= 0.3 is 0 Å². The number of hydrogen-bond acceptors (Lipinski definition) is 4. The summed E-state index contributed by atoms with van der Waals surface area (Å²) in [7, 11) is 0. The molecule has 1 unspecified atom stereocenters. The molecule has 6 heteroatoms. The summed E-state index contributed by atoms with van der Waals surface area (Å²) in [6, 6.07) is 2.27. The van der Waals surface area contributed by atoms with Gasteiger partial charge in [0.25, 0.3) is 11.5 Å². The van der Waals surface area contributed by atoms with Crippen LogP contribution >= 0.6 is 11.3 Å². The Bertz CT molecular complexity index is 907. The molecule has 28 heavy (non-hydrogen) atoms. The van der Waals surface area contributed by atoms with Crippen molar-refractivity contribution in [3.8, 4) is 0 Å². The molecule has 2 aromatic rings. The normalized spacial score (nSPS) is 20.8. The number of aromatic amines is 1. The second kappa shape index (κ2) is 8.62. The molecule has 0 aromatic carbocycles.